The van der Waals surface area contributed by atoms with Gasteiger partial charge in [-0.15, -0.1) is 12.8 Å². The summed E-state index contributed by atoms with van der Waals surface area (Å²) in [7, 11) is 2.00. The lowest BCUT2D eigenvalue weighted by Gasteiger charge is -2.17. The molecule has 1 aliphatic heterocycles. The smallest absolute Gasteiger partial charge is 0.172 e. The van der Waals surface area contributed by atoms with Crippen LogP contribution < -0.4 is 15.6 Å². The Hall–Kier alpha value is -3.25. The lowest BCUT2D eigenvalue weighted by atomic mass is 10.0. The molecule has 0 spiro atoms. The van der Waals surface area contributed by atoms with Gasteiger partial charge < -0.3 is 15.7 Å². The number of hydrogen-bond donors (Lipinski definition) is 3. The lowest BCUT2D eigenvalue weighted by molar-refractivity contribution is -0.00619. The van der Waals surface area contributed by atoms with E-state index in [0.29, 0.717) is 31.2 Å². The van der Waals surface area contributed by atoms with Crippen molar-refractivity contribution in [2.24, 2.45) is 0 Å². The third-order valence-corrected chi connectivity index (χ3v) is 3.85. The fourth-order valence-corrected chi connectivity index (χ4v) is 2.65. The molecule has 0 atom stereocenters. The lowest BCUT2D eigenvalue weighted by Crippen LogP contribution is -2.19. The number of anilines is 2. The number of aromatic nitrogens is 1. The van der Waals surface area contributed by atoms with Gasteiger partial charge in [-0.25, -0.2) is 4.98 Å². The van der Waals surface area contributed by atoms with E-state index < -0.39 is 0 Å². The third kappa shape index (κ3) is 8.41. The summed E-state index contributed by atoms with van der Waals surface area (Å²) in [6, 6.07) is 8.00. The molecule has 2 aromatic rings. The zero-order valence-corrected chi connectivity index (χ0v) is 17.4. The molecule has 0 unspecified atom stereocenters. The molecule has 1 aliphatic rings. The van der Waals surface area contributed by atoms with Crippen LogP contribution >= 0.6 is 0 Å². The van der Waals surface area contributed by atoms with Gasteiger partial charge in [0.15, 0.2) is 5.75 Å². The molecule has 0 bridgehead atoms. The van der Waals surface area contributed by atoms with Crippen LogP contribution in [0, 0.1) is 18.3 Å². The minimum Gasteiger partial charge on any atom is -0.400 e. The Morgan fingerprint density at radius 3 is 2.20 bits per heavy atom. The van der Waals surface area contributed by atoms with Crippen LogP contribution in [0.1, 0.15) is 24.0 Å². The highest BCUT2D eigenvalue weighted by molar-refractivity contribution is 6.14. The second-order valence-electron chi connectivity index (χ2n) is 5.30. The number of aliphatic hydroxyl groups is 1. The number of nitrogens with zero attached hydrogens (tertiary/aromatic N) is 2. The normalized spacial score (nSPS) is 11.0. The van der Waals surface area contributed by atoms with Crippen molar-refractivity contribution in [1.82, 2.24) is 4.98 Å². The van der Waals surface area contributed by atoms with Crippen molar-refractivity contribution in [3.05, 3.63) is 47.7 Å². The molecule has 2 heterocycles. The number of aliphatic hydroxyl groups excluding tert-OH is 1. The van der Waals surface area contributed by atoms with Crippen molar-refractivity contribution in [2.45, 2.75) is 12.8 Å². The number of benzene rings is 1. The summed E-state index contributed by atoms with van der Waals surface area (Å²) < 4.78 is 31.3. The van der Waals surface area contributed by atoms with Crippen LogP contribution in [0.4, 0.5) is 24.8 Å². The SMILES string of the molecule is C#C.CF.CF.CO.N=C(c1ccnc(N2CCCC2)c1)c1cc(OF)ccc1N. The maximum absolute atomic E-state index is 12.3. The Balaban J connectivity index is 0. The number of rotatable bonds is 4. The van der Waals surface area contributed by atoms with Gasteiger partial charge >= 0.3 is 0 Å². The number of alkyl halides is 2. The number of pyridine rings is 1. The van der Waals surface area contributed by atoms with E-state index in [2.05, 4.69) is 27.7 Å². The molecule has 1 saturated heterocycles. The largest absolute Gasteiger partial charge is 0.400 e. The zero-order chi connectivity index (χ0) is 23.5. The van der Waals surface area contributed by atoms with E-state index in [-0.39, 0.29) is 11.5 Å². The van der Waals surface area contributed by atoms with Crippen LogP contribution in [0.15, 0.2) is 36.5 Å². The summed E-state index contributed by atoms with van der Waals surface area (Å²) in [5.74, 6) is 0.888. The number of nitrogens with two attached hydrogens (primary N) is 1. The fourth-order valence-electron chi connectivity index (χ4n) is 2.65. The van der Waals surface area contributed by atoms with E-state index in [4.69, 9.17) is 16.2 Å². The number of nitrogens with one attached hydrogen (secondary N) is 1. The molecule has 9 heteroatoms. The average molecular weight is 426 g/mol. The van der Waals surface area contributed by atoms with Crippen molar-refractivity contribution in [2.75, 3.05) is 45.2 Å². The van der Waals surface area contributed by atoms with Crippen LogP contribution in [0.5, 0.6) is 5.75 Å². The molecular weight excluding hydrogens is 397 g/mol. The molecular formula is C21H29F3N4O2. The Morgan fingerprint density at radius 1 is 1.10 bits per heavy atom. The molecule has 0 amide bonds. The zero-order valence-electron chi connectivity index (χ0n) is 17.4. The summed E-state index contributed by atoms with van der Waals surface area (Å²) in [6.07, 6.45) is 12.0. The first-order valence-corrected chi connectivity index (χ1v) is 8.71. The van der Waals surface area contributed by atoms with Crippen LogP contribution in [0.25, 0.3) is 0 Å². The number of hydrogen-bond acceptors (Lipinski definition) is 6. The summed E-state index contributed by atoms with van der Waals surface area (Å²) in [4.78, 5) is 10.3. The molecule has 1 aromatic carbocycles. The Kier molecular flexibility index (Phi) is 17.2. The first-order chi connectivity index (χ1) is 14.7. The molecule has 1 fully saturated rings. The van der Waals surface area contributed by atoms with Crippen molar-refractivity contribution >= 4 is 17.2 Å². The van der Waals surface area contributed by atoms with E-state index in [1.165, 1.54) is 18.2 Å². The monoisotopic (exact) mass is 426 g/mol. The standard InChI is InChI=1S/C16H17FN4O.C2H2.2CH3F.CH4O/c17-22-12-3-4-14(18)13(10-12)16(19)11-5-6-20-15(9-11)21-7-1-2-8-21;4*1-2/h3-6,9-10,19H,1-2,7-8,18H2;1-2H;2*1H3;2H,1H3. The molecule has 0 saturated carbocycles. The van der Waals surface area contributed by atoms with Gasteiger partial charge in [-0.2, -0.15) is 0 Å². The molecule has 1 aromatic heterocycles. The number of halogens is 3. The third-order valence-electron chi connectivity index (χ3n) is 3.85. The summed E-state index contributed by atoms with van der Waals surface area (Å²) in [6.45, 7) is 1.97. The fraction of sp³-hybridized carbons (Fsp3) is 0.333. The van der Waals surface area contributed by atoms with Crippen LogP contribution in [-0.2, 0) is 0 Å². The summed E-state index contributed by atoms with van der Waals surface area (Å²) in [5, 5.41) is 15.3. The second-order valence-corrected chi connectivity index (χ2v) is 5.30. The van der Waals surface area contributed by atoms with Gasteiger partial charge in [-0.1, -0.05) is 0 Å². The van der Waals surface area contributed by atoms with Crippen molar-refractivity contribution in [1.29, 1.82) is 5.41 Å². The summed E-state index contributed by atoms with van der Waals surface area (Å²) in [5.41, 5.74) is 7.66. The Morgan fingerprint density at radius 2 is 1.67 bits per heavy atom. The number of nitrogen functional groups attached to an aromatic ring is 1. The first kappa shape index (κ1) is 29.0. The van der Waals surface area contributed by atoms with Gasteiger partial charge in [0.1, 0.15) is 5.82 Å². The molecule has 6 nitrogen and oxygen atoms in total. The highest BCUT2D eigenvalue weighted by Gasteiger charge is 2.16. The van der Waals surface area contributed by atoms with Gasteiger partial charge in [0.2, 0.25) is 0 Å². The van der Waals surface area contributed by atoms with E-state index in [9.17, 15) is 13.3 Å². The van der Waals surface area contributed by atoms with Gasteiger partial charge in [0.25, 0.3) is 0 Å². The van der Waals surface area contributed by atoms with Gasteiger partial charge in [0.05, 0.1) is 20.1 Å². The maximum Gasteiger partial charge on any atom is 0.172 e. The minimum atomic E-state index is 0.0303. The molecule has 3 rings (SSSR count). The second kappa shape index (κ2) is 17.8. The van der Waals surface area contributed by atoms with Gasteiger partial charge in [-0.3, -0.25) is 19.1 Å². The molecule has 4 N–H and O–H groups in total. The van der Waals surface area contributed by atoms with Crippen molar-refractivity contribution in [3.8, 4) is 18.6 Å². The summed E-state index contributed by atoms with van der Waals surface area (Å²) >= 11 is 0. The minimum absolute atomic E-state index is 0.0303. The topological polar surface area (TPSA) is 95.5 Å². The maximum atomic E-state index is 12.3. The Labute approximate surface area is 175 Å². The Bertz CT molecular complexity index is 752. The number of terminal acetylenes is 1. The van der Waals surface area contributed by atoms with E-state index >= 15 is 0 Å². The highest BCUT2D eigenvalue weighted by Crippen LogP contribution is 2.25. The average Bonchev–Trinajstić information content (AvgIpc) is 3.39. The molecule has 0 aliphatic carbocycles. The van der Waals surface area contributed by atoms with Crippen LogP contribution in [0.2, 0.25) is 0 Å². The molecule has 166 valence electrons. The highest BCUT2D eigenvalue weighted by atomic mass is 19.3. The predicted octanol–water partition coefficient (Wildman–Crippen LogP) is 3.97. The van der Waals surface area contributed by atoms with Crippen molar-refractivity contribution < 1.29 is 23.4 Å². The van der Waals surface area contributed by atoms with Crippen molar-refractivity contribution in [3.63, 3.8) is 0 Å². The molecule has 30 heavy (non-hydrogen) atoms. The van der Waals surface area contributed by atoms with Crippen LogP contribution in [-0.4, -0.2) is 50.4 Å². The van der Waals surface area contributed by atoms with E-state index in [1.54, 1.807) is 12.3 Å². The predicted molar refractivity (Wildman–Crippen MR) is 116 cm³/mol. The quantitative estimate of drug-likeness (QED) is 0.391. The molecule has 0 radical (unpaired) electrons. The van der Waals surface area contributed by atoms with E-state index in [0.717, 1.165) is 38.9 Å². The first-order valence-electron chi connectivity index (χ1n) is 8.71. The van der Waals surface area contributed by atoms with Crippen LogP contribution in [0.3, 0.4) is 0 Å². The van der Waals surface area contributed by atoms with E-state index in [1.807, 2.05) is 6.07 Å². The van der Waals surface area contributed by atoms with Gasteiger partial charge in [0, 0.05) is 47.7 Å². The van der Waals surface area contributed by atoms with Gasteiger partial charge in [-0.05, 0) is 43.2 Å².